The van der Waals surface area contributed by atoms with Crippen molar-refractivity contribution in [1.82, 2.24) is 4.90 Å². The van der Waals surface area contributed by atoms with Gasteiger partial charge in [0, 0.05) is 31.5 Å². The number of aromatic hydroxyl groups is 1. The van der Waals surface area contributed by atoms with Gasteiger partial charge in [-0.25, -0.2) is 4.79 Å². The highest BCUT2D eigenvalue weighted by Gasteiger charge is 2.49. The van der Waals surface area contributed by atoms with E-state index in [9.17, 15) is 9.90 Å². The molecule has 4 fully saturated rings. The fraction of sp³-hybridized carbons (Fsp3) is 0.562. The smallest absolute Gasteiger partial charge is 0.412 e. The van der Waals surface area contributed by atoms with Crippen LogP contribution in [0.1, 0.15) is 12.8 Å². The highest BCUT2D eigenvalue weighted by Crippen LogP contribution is 2.44. The molecule has 0 radical (unpaired) electrons. The zero-order valence-electron chi connectivity index (χ0n) is 11.9. The van der Waals surface area contributed by atoms with Gasteiger partial charge in [-0.05, 0) is 30.9 Å². The molecular formula is C16H20N2O3. The third kappa shape index (κ3) is 2.35. The van der Waals surface area contributed by atoms with Crippen molar-refractivity contribution in [2.45, 2.75) is 18.9 Å². The van der Waals surface area contributed by atoms with Crippen LogP contribution in [-0.4, -0.2) is 41.8 Å². The molecule has 3 heterocycles. The summed E-state index contributed by atoms with van der Waals surface area (Å²) in [6, 6.07) is 6.70. The molecule has 2 N–H and O–H groups in total. The summed E-state index contributed by atoms with van der Waals surface area (Å²) in [6.07, 6.45) is 1.94. The van der Waals surface area contributed by atoms with Crippen molar-refractivity contribution < 1.29 is 14.6 Å². The number of para-hydroxylation sites is 2. The number of phenols is 1. The SMILES string of the molecule is O=C(Nc1ccccc1O)OC1C2CC3CC1CN(C3)C2. The van der Waals surface area contributed by atoms with Crippen molar-refractivity contribution in [3.8, 4) is 5.75 Å². The number of rotatable bonds is 2. The minimum Gasteiger partial charge on any atom is -0.506 e. The Morgan fingerprint density at radius 1 is 1.19 bits per heavy atom. The Hall–Kier alpha value is -1.75. The molecule has 5 rings (SSSR count). The van der Waals surface area contributed by atoms with Gasteiger partial charge in [-0.1, -0.05) is 12.1 Å². The van der Waals surface area contributed by atoms with Crippen molar-refractivity contribution in [3.05, 3.63) is 24.3 Å². The van der Waals surface area contributed by atoms with Crippen LogP contribution in [0.15, 0.2) is 24.3 Å². The number of carbonyl (C=O) groups is 1. The minimum absolute atomic E-state index is 0.0312. The van der Waals surface area contributed by atoms with Gasteiger partial charge in [0.05, 0.1) is 5.69 Å². The lowest BCUT2D eigenvalue weighted by Crippen LogP contribution is -2.61. The average molecular weight is 288 g/mol. The van der Waals surface area contributed by atoms with Gasteiger partial charge in [0.2, 0.25) is 0 Å². The van der Waals surface area contributed by atoms with Crippen LogP contribution in [-0.2, 0) is 4.74 Å². The van der Waals surface area contributed by atoms with E-state index in [4.69, 9.17) is 4.74 Å². The van der Waals surface area contributed by atoms with E-state index in [0.717, 1.165) is 19.0 Å². The van der Waals surface area contributed by atoms with Gasteiger partial charge in [-0.15, -0.1) is 0 Å². The maximum absolute atomic E-state index is 12.1. The average Bonchev–Trinajstić information content (AvgIpc) is 2.44. The quantitative estimate of drug-likeness (QED) is 0.820. The van der Waals surface area contributed by atoms with E-state index < -0.39 is 6.09 Å². The number of phenolic OH excluding ortho intramolecular Hbond substituents is 1. The van der Waals surface area contributed by atoms with Crippen LogP contribution in [0.5, 0.6) is 5.75 Å². The number of ether oxygens (including phenoxy) is 1. The maximum atomic E-state index is 12.1. The van der Waals surface area contributed by atoms with E-state index >= 15 is 0 Å². The molecule has 2 atom stereocenters. The number of benzene rings is 1. The van der Waals surface area contributed by atoms with E-state index in [1.807, 2.05) is 0 Å². The largest absolute Gasteiger partial charge is 0.506 e. The lowest BCUT2D eigenvalue weighted by molar-refractivity contribution is -0.110. The third-order valence-corrected chi connectivity index (χ3v) is 5.09. The first-order chi connectivity index (χ1) is 10.2. The molecule has 5 heteroatoms. The highest BCUT2D eigenvalue weighted by atomic mass is 16.6. The number of anilines is 1. The van der Waals surface area contributed by atoms with E-state index in [1.165, 1.54) is 19.4 Å². The van der Waals surface area contributed by atoms with Crippen molar-refractivity contribution in [2.24, 2.45) is 17.8 Å². The van der Waals surface area contributed by atoms with Crippen LogP contribution in [0.3, 0.4) is 0 Å². The van der Waals surface area contributed by atoms with E-state index in [1.54, 1.807) is 24.3 Å². The summed E-state index contributed by atoms with van der Waals surface area (Å²) in [5.74, 6) is 1.81. The van der Waals surface area contributed by atoms with Gasteiger partial charge < -0.3 is 14.7 Å². The van der Waals surface area contributed by atoms with Gasteiger partial charge in [0.1, 0.15) is 11.9 Å². The molecule has 1 amide bonds. The van der Waals surface area contributed by atoms with Crippen molar-refractivity contribution in [2.75, 3.05) is 25.0 Å². The van der Waals surface area contributed by atoms with Gasteiger partial charge in [0.25, 0.3) is 0 Å². The molecule has 21 heavy (non-hydrogen) atoms. The van der Waals surface area contributed by atoms with E-state index in [-0.39, 0.29) is 11.9 Å². The van der Waals surface area contributed by atoms with Crippen LogP contribution in [0.25, 0.3) is 0 Å². The Morgan fingerprint density at radius 2 is 1.90 bits per heavy atom. The summed E-state index contributed by atoms with van der Waals surface area (Å²) in [7, 11) is 0. The zero-order chi connectivity index (χ0) is 14.4. The second kappa shape index (κ2) is 4.91. The number of amides is 1. The summed E-state index contributed by atoms with van der Waals surface area (Å²) in [5.41, 5.74) is 0.398. The van der Waals surface area contributed by atoms with Crippen molar-refractivity contribution in [3.63, 3.8) is 0 Å². The van der Waals surface area contributed by atoms with Crippen LogP contribution >= 0.6 is 0 Å². The number of nitrogens with zero attached hydrogens (tertiary/aromatic N) is 1. The lowest BCUT2D eigenvalue weighted by Gasteiger charge is -2.54. The molecule has 1 aliphatic carbocycles. The summed E-state index contributed by atoms with van der Waals surface area (Å²) < 4.78 is 5.70. The standard InChI is InChI=1S/C16H20N2O3/c19-14-4-2-1-3-13(14)17-16(20)21-15-11-5-10-6-12(15)9-18(7-10)8-11/h1-4,10-12,15,19H,5-9H2,(H,17,20). The van der Waals surface area contributed by atoms with Crippen molar-refractivity contribution >= 4 is 11.8 Å². The Kier molecular flexibility index (Phi) is 3.03. The predicted octanol–water partition coefficient (Wildman–Crippen LogP) is 2.28. The molecule has 0 spiro atoms. The van der Waals surface area contributed by atoms with Gasteiger partial charge in [-0.2, -0.15) is 0 Å². The first-order valence-corrected chi connectivity index (χ1v) is 7.67. The zero-order valence-corrected chi connectivity index (χ0v) is 11.9. The molecule has 0 aromatic heterocycles. The molecule has 4 bridgehead atoms. The molecule has 2 unspecified atom stereocenters. The summed E-state index contributed by atoms with van der Waals surface area (Å²) in [6.45, 7) is 3.34. The van der Waals surface area contributed by atoms with Crippen LogP contribution in [0, 0.1) is 17.8 Å². The Morgan fingerprint density at radius 3 is 2.57 bits per heavy atom. The molecular weight excluding hydrogens is 268 g/mol. The molecule has 3 aliphatic heterocycles. The van der Waals surface area contributed by atoms with Gasteiger partial charge in [0.15, 0.2) is 0 Å². The lowest BCUT2D eigenvalue weighted by atomic mass is 9.66. The Labute approximate surface area is 123 Å². The van der Waals surface area contributed by atoms with Gasteiger partial charge in [-0.3, -0.25) is 5.32 Å². The number of piperidine rings is 3. The summed E-state index contributed by atoms with van der Waals surface area (Å²) >= 11 is 0. The molecule has 112 valence electrons. The van der Waals surface area contributed by atoms with E-state index in [0.29, 0.717) is 17.5 Å². The number of carbonyl (C=O) groups excluding carboxylic acids is 1. The van der Waals surface area contributed by atoms with Crippen LogP contribution < -0.4 is 5.32 Å². The number of hydrogen-bond donors (Lipinski definition) is 2. The Bertz CT molecular complexity index is 532. The minimum atomic E-state index is -0.455. The molecule has 1 aromatic carbocycles. The van der Waals surface area contributed by atoms with Crippen molar-refractivity contribution in [1.29, 1.82) is 0 Å². The topological polar surface area (TPSA) is 61.8 Å². The molecule has 3 saturated heterocycles. The first kappa shape index (κ1) is 13.0. The maximum Gasteiger partial charge on any atom is 0.412 e. The monoisotopic (exact) mass is 288 g/mol. The van der Waals surface area contributed by atoms with Gasteiger partial charge >= 0.3 is 6.09 Å². The molecule has 1 saturated carbocycles. The molecule has 1 aromatic rings. The predicted molar refractivity (Wildman–Crippen MR) is 78.1 cm³/mol. The fourth-order valence-corrected chi connectivity index (χ4v) is 4.40. The summed E-state index contributed by atoms with van der Waals surface area (Å²) in [4.78, 5) is 14.6. The van der Waals surface area contributed by atoms with Crippen LogP contribution in [0.2, 0.25) is 0 Å². The highest BCUT2D eigenvalue weighted by molar-refractivity contribution is 5.86. The van der Waals surface area contributed by atoms with E-state index in [2.05, 4.69) is 10.2 Å². The number of nitrogens with one attached hydrogen (secondary N) is 1. The first-order valence-electron chi connectivity index (χ1n) is 7.67. The molecule has 4 aliphatic rings. The Balaban J connectivity index is 1.42. The third-order valence-electron chi connectivity index (χ3n) is 5.09. The molecule has 5 nitrogen and oxygen atoms in total. The second-order valence-corrected chi connectivity index (χ2v) is 6.59. The fourth-order valence-electron chi connectivity index (χ4n) is 4.40. The number of hydrogen-bond acceptors (Lipinski definition) is 4. The normalized spacial score (nSPS) is 36.5. The summed E-state index contributed by atoms with van der Waals surface area (Å²) in [5, 5.41) is 12.3. The van der Waals surface area contributed by atoms with Crippen LogP contribution in [0.4, 0.5) is 10.5 Å². The second-order valence-electron chi connectivity index (χ2n) is 6.59.